The van der Waals surface area contributed by atoms with Crippen molar-refractivity contribution in [1.29, 1.82) is 0 Å². The normalized spacial score (nSPS) is 12.5. The first-order valence-corrected chi connectivity index (χ1v) is 13.3. The van der Waals surface area contributed by atoms with Gasteiger partial charge in [0, 0.05) is 19.1 Å². The molecule has 0 saturated carbocycles. The Bertz CT molecular complexity index is 1050. The first kappa shape index (κ1) is 22.9. The maximum Gasteiger partial charge on any atom is 0.225 e. The molecule has 0 aliphatic carbocycles. The molecule has 0 spiro atoms. The molecule has 0 N–H and O–H groups in total. The van der Waals surface area contributed by atoms with Gasteiger partial charge in [-0.15, -0.1) is 0 Å². The van der Waals surface area contributed by atoms with Crippen molar-refractivity contribution < 1.29 is 13.6 Å². The lowest BCUT2D eigenvalue weighted by molar-refractivity contribution is 0.233. The fourth-order valence-electron chi connectivity index (χ4n) is 2.59. The Kier molecular flexibility index (Phi) is 6.71. The number of halogens is 3. The van der Waals surface area contributed by atoms with Gasteiger partial charge in [0.05, 0.1) is 18.2 Å². The number of nitrogens with zero attached hydrogens (tertiary/aromatic N) is 4. The van der Waals surface area contributed by atoms with Gasteiger partial charge < -0.3 is 9.16 Å². The molecule has 0 aliphatic rings. The Morgan fingerprint density at radius 1 is 1.13 bits per heavy atom. The third kappa shape index (κ3) is 4.94. The molecule has 0 unspecified atom stereocenters. The van der Waals surface area contributed by atoms with Gasteiger partial charge in [0.25, 0.3) is 0 Å². The summed E-state index contributed by atoms with van der Waals surface area (Å²) in [4.78, 5) is 8.12. The average molecular weight is 471 g/mol. The largest absolute Gasteiger partial charge is 0.491 e. The molecule has 2 aromatic heterocycles. The Balaban J connectivity index is 1.76. The lowest BCUT2D eigenvalue weighted by Gasteiger charge is -2.36. The minimum atomic E-state index is -1.81. The van der Waals surface area contributed by atoms with Gasteiger partial charge in [0.2, 0.25) is 5.28 Å². The maximum atomic E-state index is 13.9. The van der Waals surface area contributed by atoms with Crippen LogP contribution in [0.25, 0.3) is 16.7 Å². The number of fused-ring (bicyclic) bond motifs is 1. The highest BCUT2D eigenvalue weighted by molar-refractivity contribution is 6.74. The van der Waals surface area contributed by atoms with Gasteiger partial charge in [-0.2, -0.15) is 10.1 Å². The quantitative estimate of drug-likeness (QED) is 0.182. The van der Waals surface area contributed by atoms with Gasteiger partial charge in [0.15, 0.2) is 14.0 Å². The number of aromatic nitrogens is 4. The molecule has 0 saturated heterocycles. The highest BCUT2D eigenvalue weighted by Gasteiger charge is 2.36. The van der Waals surface area contributed by atoms with Crippen LogP contribution in [0.2, 0.25) is 28.6 Å². The van der Waals surface area contributed by atoms with Crippen LogP contribution >= 0.6 is 23.2 Å². The van der Waals surface area contributed by atoms with Crippen LogP contribution in [0.1, 0.15) is 27.2 Å². The van der Waals surface area contributed by atoms with Crippen molar-refractivity contribution in [1.82, 2.24) is 19.7 Å². The molecule has 3 rings (SSSR count). The Labute approximate surface area is 186 Å². The zero-order valence-corrected chi connectivity index (χ0v) is 20.2. The van der Waals surface area contributed by atoms with Crippen molar-refractivity contribution in [2.75, 3.05) is 13.2 Å². The van der Waals surface area contributed by atoms with Crippen LogP contribution in [0.15, 0.2) is 24.4 Å². The topological polar surface area (TPSA) is 62.1 Å². The van der Waals surface area contributed by atoms with Crippen molar-refractivity contribution in [2.24, 2.45) is 0 Å². The first-order valence-electron chi connectivity index (χ1n) is 9.63. The van der Waals surface area contributed by atoms with E-state index in [4.69, 9.17) is 32.4 Å². The zero-order valence-electron chi connectivity index (χ0n) is 17.7. The second kappa shape index (κ2) is 8.78. The van der Waals surface area contributed by atoms with E-state index in [1.54, 1.807) is 6.07 Å². The summed E-state index contributed by atoms with van der Waals surface area (Å²) in [6, 6.07) is 4.23. The van der Waals surface area contributed by atoms with Gasteiger partial charge in [-0.3, -0.25) is 0 Å². The van der Waals surface area contributed by atoms with E-state index in [1.807, 2.05) is 0 Å². The van der Waals surface area contributed by atoms with Crippen LogP contribution in [0.3, 0.4) is 0 Å². The molecule has 2 heterocycles. The molecule has 0 radical (unpaired) electrons. The van der Waals surface area contributed by atoms with Gasteiger partial charge in [0.1, 0.15) is 22.4 Å². The van der Waals surface area contributed by atoms with Crippen LogP contribution in [-0.2, 0) is 4.43 Å². The summed E-state index contributed by atoms with van der Waals surface area (Å²) >= 11 is 12.1. The molecule has 0 fully saturated rings. The summed E-state index contributed by atoms with van der Waals surface area (Å²) in [7, 11) is -1.81. The predicted octanol–water partition coefficient (Wildman–Crippen LogP) is 6.05. The van der Waals surface area contributed by atoms with E-state index >= 15 is 0 Å². The SMILES string of the molecule is CC(C)(C)[Si](C)(C)OCCCOc1cc(F)ccc1-n1ncc2c(Cl)nc(Cl)nc21. The van der Waals surface area contributed by atoms with E-state index < -0.39 is 14.1 Å². The van der Waals surface area contributed by atoms with Crippen molar-refractivity contribution in [3.05, 3.63) is 40.6 Å². The van der Waals surface area contributed by atoms with Crippen LogP contribution in [0, 0.1) is 5.82 Å². The summed E-state index contributed by atoms with van der Waals surface area (Å²) in [6.07, 6.45) is 2.22. The smallest absolute Gasteiger partial charge is 0.225 e. The van der Waals surface area contributed by atoms with E-state index in [2.05, 4.69) is 48.9 Å². The van der Waals surface area contributed by atoms with Gasteiger partial charge in [-0.05, 0) is 41.9 Å². The lowest BCUT2D eigenvalue weighted by Crippen LogP contribution is -2.41. The Hall–Kier alpha value is -1.74. The van der Waals surface area contributed by atoms with Crippen LogP contribution in [0.5, 0.6) is 5.75 Å². The number of hydrogen-bond acceptors (Lipinski definition) is 5. The fraction of sp³-hybridized carbons (Fsp3) is 0.450. The van der Waals surface area contributed by atoms with Crippen molar-refractivity contribution in [3.63, 3.8) is 0 Å². The Morgan fingerprint density at radius 3 is 2.57 bits per heavy atom. The number of benzene rings is 1. The van der Waals surface area contributed by atoms with Crippen molar-refractivity contribution in [2.45, 2.75) is 45.3 Å². The Morgan fingerprint density at radius 2 is 1.87 bits per heavy atom. The average Bonchev–Trinajstić information content (AvgIpc) is 3.04. The summed E-state index contributed by atoms with van der Waals surface area (Å²) in [6.45, 7) is 12.0. The second-order valence-corrected chi connectivity index (χ2v) is 14.0. The fourth-order valence-corrected chi connectivity index (χ4v) is 4.10. The van der Waals surface area contributed by atoms with Gasteiger partial charge in [-0.25, -0.2) is 14.1 Å². The van der Waals surface area contributed by atoms with Crippen molar-refractivity contribution in [3.8, 4) is 11.4 Å². The third-order valence-corrected chi connectivity index (χ3v) is 10.3. The van der Waals surface area contributed by atoms with E-state index in [0.717, 1.165) is 0 Å². The minimum absolute atomic E-state index is 0.00149. The van der Waals surface area contributed by atoms with E-state index in [0.29, 0.717) is 42.1 Å². The summed E-state index contributed by atoms with van der Waals surface area (Å²) in [5, 5.41) is 5.20. The standard InChI is InChI=1S/C20H25Cl2FN4O2Si/c1-20(2,3)30(4,5)29-10-6-9-28-16-11-13(23)7-8-15(16)27-18-14(12-24-27)17(21)25-19(22)26-18/h7-8,11-12H,6,9-10H2,1-5H3. The van der Waals surface area contributed by atoms with Crippen LogP contribution in [-0.4, -0.2) is 41.3 Å². The van der Waals surface area contributed by atoms with E-state index in [1.165, 1.54) is 23.0 Å². The summed E-state index contributed by atoms with van der Waals surface area (Å²) < 4.78 is 27.4. The molecule has 6 nitrogen and oxygen atoms in total. The highest BCUT2D eigenvalue weighted by atomic mass is 35.5. The van der Waals surface area contributed by atoms with Gasteiger partial charge in [-0.1, -0.05) is 32.4 Å². The summed E-state index contributed by atoms with van der Waals surface area (Å²) in [5.41, 5.74) is 0.945. The molecule has 0 atom stereocenters. The highest BCUT2D eigenvalue weighted by Crippen LogP contribution is 2.36. The predicted molar refractivity (Wildman–Crippen MR) is 120 cm³/mol. The molecule has 3 aromatic rings. The summed E-state index contributed by atoms with van der Waals surface area (Å²) in [5.74, 6) is -0.0633. The number of rotatable bonds is 7. The van der Waals surface area contributed by atoms with Gasteiger partial charge >= 0.3 is 0 Å². The van der Waals surface area contributed by atoms with E-state index in [-0.39, 0.29) is 15.5 Å². The lowest BCUT2D eigenvalue weighted by atomic mass is 10.2. The third-order valence-electron chi connectivity index (χ3n) is 5.32. The molecule has 0 aliphatic heterocycles. The van der Waals surface area contributed by atoms with Crippen molar-refractivity contribution >= 4 is 42.6 Å². The molecule has 162 valence electrons. The van der Waals surface area contributed by atoms with E-state index in [9.17, 15) is 4.39 Å². The maximum absolute atomic E-state index is 13.9. The van der Waals surface area contributed by atoms with Crippen LogP contribution in [0.4, 0.5) is 4.39 Å². The molecular weight excluding hydrogens is 446 g/mol. The monoisotopic (exact) mass is 470 g/mol. The molecule has 0 amide bonds. The molecule has 10 heteroatoms. The molecule has 1 aromatic carbocycles. The second-order valence-electron chi connectivity index (χ2n) is 8.50. The zero-order chi connectivity index (χ0) is 22.1. The minimum Gasteiger partial charge on any atom is -0.491 e. The van der Waals surface area contributed by atoms with Crippen LogP contribution < -0.4 is 4.74 Å². The first-order chi connectivity index (χ1) is 14.0. The molecule has 30 heavy (non-hydrogen) atoms. The molecule has 0 bridgehead atoms. The number of hydrogen-bond donors (Lipinski definition) is 0. The number of ether oxygens (including phenoxy) is 1. The molecular formula is C20H25Cl2FN4O2Si.